The smallest absolute Gasteiger partial charge is 0.324 e. The molecular weight excluding hydrogens is 433 g/mol. The van der Waals surface area contributed by atoms with Crippen molar-refractivity contribution in [2.45, 2.75) is 25.2 Å². The van der Waals surface area contributed by atoms with Gasteiger partial charge in [-0.3, -0.25) is 14.5 Å². The summed E-state index contributed by atoms with van der Waals surface area (Å²) in [6.07, 6.45) is -9.67. The molecule has 31 heavy (non-hydrogen) atoms. The summed E-state index contributed by atoms with van der Waals surface area (Å²) in [6, 6.07) is 5.22. The van der Waals surface area contributed by atoms with Gasteiger partial charge in [-0.2, -0.15) is 26.3 Å². The third-order valence-electron chi connectivity index (χ3n) is 4.71. The van der Waals surface area contributed by atoms with Crippen LogP contribution in [0, 0.1) is 5.82 Å². The molecule has 2 amide bonds. The van der Waals surface area contributed by atoms with Crippen LogP contribution in [0.15, 0.2) is 42.5 Å². The Kier molecular flexibility index (Phi) is 5.97. The Morgan fingerprint density at radius 2 is 1.55 bits per heavy atom. The second-order valence-electron chi connectivity index (χ2n) is 6.88. The number of para-hydroxylation sites is 1. The third kappa shape index (κ3) is 4.97. The minimum atomic E-state index is -5.15. The third-order valence-corrected chi connectivity index (χ3v) is 4.71. The van der Waals surface area contributed by atoms with E-state index in [0.29, 0.717) is 11.3 Å². The summed E-state index contributed by atoms with van der Waals surface area (Å²) in [6.45, 7) is -0.302. The van der Waals surface area contributed by atoms with E-state index in [0.717, 1.165) is 12.1 Å². The van der Waals surface area contributed by atoms with Gasteiger partial charge in [0.15, 0.2) is 0 Å². The van der Waals surface area contributed by atoms with E-state index >= 15 is 0 Å². The van der Waals surface area contributed by atoms with Gasteiger partial charge in [0.1, 0.15) is 12.5 Å². The molecule has 0 radical (unpaired) electrons. The van der Waals surface area contributed by atoms with Crippen molar-refractivity contribution in [3.05, 3.63) is 65.0 Å². The molecule has 1 saturated heterocycles. The minimum absolute atomic E-state index is 0.103. The van der Waals surface area contributed by atoms with Crippen molar-refractivity contribution in [1.29, 1.82) is 0 Å². The second kappa shape index (κ2) is 8.20. The van der Waals surface area contributed by atoms with E-state index in [2.05, 4.69) is 0 Å². The molecular formula is C20H15F7N2O2. The van der Waals surface area contributed by atoms with Crippen LogP contribution in [0.25, 0.3) is 0 Å². The van der Waals surface area contributed by atoms with Gasteiger partial charge in [-0.05, 0) is 36.8 Å². The second-order valence-corrected chi connectivity index (χ2v) is 6.88. The molecule has 0 unspecified atom stereocenters. The molecule has 0 saturated carbocycles. The van der Waals surface area contributed by atoms with Crippen LogP contribution in [0.4, 0.5) is 36.4 Å². The quantitative estimate of drug-likeness (QED) is 0.612. The molecule has 11 heteroatoms. The summed E-state index contributed by atoms with van der Waals surface area (Å²) in [4.78, 5) is 26.8. The fraction of sp³-hybridized carbons (Fsp3) is 0.300. The van der Waals surface area contributed by atoms with Crippen LogP contribution >= 0.6 is 0 Å². The summed E-state index contributed by atoms with van der Waals surface area (Å²) in [5.41, 5.74) is -4.65. The molecule has 0 aromatic heterocycles. The fourth-order valence-corrected chi connectivity index (χ4v) is 3.18. The molecule has 3 rings (SSSR count). The zero-order valence-corrected chi connectivity index (χ0v) is 15.7. The summed E-state index contributed by atoms with van der Waals surface area (Å²) >= 11 is 0. The number of benzene rings is 2. The average Bonchev–Trinajstić information content (AvgIpc) is 3.09. The van der Waals surface area contributed by atoms with Gasteiger partial charge < -0.3 is 4.90 Å². The predicted octanol–water partition coefficient (Wildman–Crippen LogP) is 5.09. The topological polar surface area (TPSA) is 40.6 Å². The minimum Gasteiger partial charge on any atom is -0.324 e. The molecule has 1 aliphatic heterocycles. The van der Waals surface area contributed by atoms with Gasteiger partial charge >= 0.3 is 12.4 Å². The normalized spacial score (nSPS) is 14.8. The van der Waals surface area contributed by atoms with Gasteiger partial charge in [-0.15, -0.1) is 0 Å². The van der Waals surface area contributed by atoms with Crippen molar-refractivity contribution in [2.75, 3.05) is 18.1 Å². The highest BCUT2D eigenvalue weighted by Gasteiger charge is 2.38. The molecule has 1 aliphatic rings. The van der Waals surface area contributed by atoms with E-state index in [-0.39, 0.29) is 42.8 Å². The van der Waals surface area contributed by atoms with Crippen molar-refractivity contribution >= 4 is 17.5 Å². The molecule has 2 aromatic rings. The van der Waals surface area contributed by atoms with Crippen LogP contribution < -0.4 is 4.90 Å². The first-order valence-electron chi connectivity index (χ1n) is 9.01. The number of hydrogen-bond donors (Lipinski definition) is 0. The maximum absolute atomic E-state index is 14.4. The van der Waals surface area contributed by atoms with Crippen LogP contribution in [-0.4, -0.2) is 29.9 Å². The number of rotatable bonds is 4. The largest absolute Gasteiger partial charge is 0.416 e. The van der Waals surface area contributed by atoms with E-state index in [9.17, 15) is 40.3 Å². The zero-order valence-electron chi connectivity index (χ0n) is 15.7. The highest BCUT2D eigenvalue weighted by atomic mass is 19.4. The maximum Gasteiger partial charge on any atom is 0.416 e. The standard InChI is InChI=1S/C20H15F7N2O2/c21-15-4-1-2-5-16(15)29(11-28-7-3-6-17(28)30)18(31)12-8-13(19(22,23)24)10-14(9-12)20(25,26)27/h1-2,4-5,8-10H,3,6-7,11H2. The first-order chi connectivity index (χ1) is 14.4. The summed E-state index contributed by atoms with van der Waals surface area (Å²) in [5, 5.41) is 0. The van der Waals surface area contributed by atoms with E-state index in [1.54, 1.807) is 0 Å². The number of likely N-dealkylation sites (tertiary alicyclic amines) is 1. The number of alkyl halides is 6. The molecule has 1 heterocycles. The first kappa shape index (κ1) is 22.6. The number of carbonyl (C=O) groups excluding carboxylic acids is 2. The average molecular weight is 448 g/mol. The van der Waals surface area contributed by atoms with Crippen LogP contribution in [0.5, 0.6) is 0 Å². The number of amides is 2. The summed E-state index contributed by atoms with van der Waals surface area (Å²) in [5.74, 6) is -2.60. The van der Waals surface area contributed by atoms with Crippen molar-refractivity contribution in [1.82, 2.24) is 4.90 Å². The van der Waals surface area contributed by atoms with Crippen molar-refractivity contribution in [3.63, 3.8) is 0 Å². The van der Waals surface area contributed by atoms with Gasteiger partial charge in [0.2, 0.25) is 5.91 Å². The monoisotopic (exact) mass is 448 g/mol. The number of carbonyl (C=O) groups is 2. The zero-order chi connectivity index (χ0) is 23.0. The predicted molar refractivity (Wildman–Crippen MR) is 95.5 cm³/mol. The van der Waals surface area contributed by atoms with Crippen LogP contribution in [0.1, 0.15) is 34.3 Å². The van der Waals surface area contributed by atoms with Gasteiger partial charge in [0.05, 0.1) is 16.8 Å². The van der Waals surface area contributed by atoms with Crippen molar-refractivity contribution in [3.8, 4) is 0 Å². The first-order valence-corrected chi connectivity index (χ1v) is 9.01. The van der Waals surface area contributed by atoms with E-state index in [1.165, 1.54) is 17.0 Å². The Morgan fingerprint density at radius 1 is 0.968 bits per heavy atom. The van der Waals surface area contributed by atoms with Crippen LogP contribution in [0.2, 0.25) is 0 Å². The molecule has 1 fully saturated rings. The lowest BCUT2D eigenvalue weighted by atomic mass is 10.0. The van der Waals surface area contributed by atoms with E-state index in [4.69, 9.17) is 0 Å². The Bertz CT molecular complexity index is 970. The van der Waals surface area contributed by atoms with Gasteiger partial charge in [-0.25, -0.2) is 4.39 Å². The Hall–Kier alpha value is -3.11. The van der Waals surface area contributed by atoms with Gasteiger partial charge in [-0.1, -0.05) is 12.1 Å². The molecule has 0 aliphatic carbocycles. The number of anilines is 1. The Labute approximate surface area is 171 Å². The molecule has 166 valence electrons. The highest BCUT2D eigenvalue weighted by molar-refractivity contribution is 6.06. The molecule has 0 bridgehead atoms. The van der Waals surface area contributed by atoms with Gasteiger partial charge in [0, 0.05) is 18.5 Å². The lowest BCUT2D eigenvalue weighted by Crippen LogP contribution is -2.43. The highest BCUT2D eigenvalue weighted by Crippen LogP contribution is 2.37. The number of halogens is 7. The van der Waals surface area contributed by atoms with Crippen molar-refractivity contribution < 1.29 is 40.3 Å². The maximum atomic E-state index is 14.4. The SMILES string of the molecule is O=C1CCCN1CN(C(=O)c1cc(C(F)(F)F)cc(C(F)(F)F)c1)c1ccccc1F. The van der Waals surface area contributed by atoms with Crippen molar-refractivity contribution in [2.24, 2.45) is 0 Å². The van der Waals surface area contributed by atoms with Crippen LogP contribution in [0.3, 0.4) is 0 Å². The fourth-order valence-electron chi connectivity index (χ4n) is 3.18. The number of nitrogens with zero attached hydrogens (tertiary/aromatic N) is 2. The molecule has 0 spiro atoms. The summed E-state index contributed by atoms with van der Waals surface area (Å²) in [7, 11) is 0. The van der Waals surface area contributed by atoms with E-state index < -0.39 is 47.4 Å². The Morgan fingerprint density at radius 3 is 2.03 bits per heavy atom. The van der Waals surface area contributed by atoms with Crippen LogP contribution in [-0.2, 0) is 17.1 Å². The molecule has 2 aromatic carbocycles. The lowest BCUT2D eigenvalue weighted by Gasteiger charge is -2.29. The summed E-state index contributed by atoms with van der Waals surface area (Å²) < 4.78 is 93.3. The molecule has 0 atom stereocenters. The number of hydrogen-bond acceptors (Lipinski definition) is 2. The van der Waals surface area contributed by atoms with Gasteiger partial charge in [0.25, 0.3) is 5.91 Å². The molecule has 4 nitrogen and oxygen atoms in total. The molecule has 0 N–H and O–H groups in total. The van der Waals surface area contributed by atoms with E-state index in [1.807, 2.05) is 0 Å². The Balaban J connectivity index is 2.10. The lowest BCUT2D eigenvalue weighted by molar-refractivity contribution is -0.143.